The van der Waals surface area contributed by atoms with E-state index in [0.29, 0.717) is 21.9 Å². The minimum atomic E-state index is -0.856. The summed E-state index contributed by atoms with van der Waals surface area (Å²) in [7, 11) is 0. The fourth-order valence-electron chi connectivity index (χ4n) is 3.35. The standard InChI is InChI=1S/C26H19ClN2O5/c1-15-4-3-5-18(12-15)25(32)34-20-10-7-17(8-11-20)13-21-23(30)28-26(33)29(24(21)31)19-9-6-16(2)22(27)14-19/h3-14H,1-2H3,(H,28,30,33). The first-order chi connectivity index (χ1) is 16.2. The number of carbonyl (C=O) groups is 4. The molecule has 0 aromatic heterocycles. The van der Waals surface area contributed by atoms with Gasteiger partial charge in [-0.2, -0.15) is 0 Å². The number of ether oxygens (including phenoxy) is 1. The van der Waals surface area contributed by atoms with E-state index in [2.05, 4.69) is 5.32 Å². The molecule has 1 heterocycles. The van der Waals surface area contributed by atoms with E-state index < -0.39 is 23.8 Å². The lowest BCUT2D eigenvalue weighted by Crippen LogP contribution is -2.54. The lowest BCUT2D eigenvalue weighted by Gasteiger charge is -2.26. The first-order valence-corrected chi connectivity index (χ1v) is 10.7. The predicted molar refractivity (Wildman–Crippen MR) is 128 cm³/mol. The molecule has 1 saturated heterocycles. The molecular formula is C26H19ClN2O5. The fourth-order valence-corrected chi connectivity index (χ4v) is 3.52. The molecule has 0 spiro atoms. The Hall–Kier alpha value is -4.23. The van der Waals surface area contributed by atoms with Crippen molar-refractivity contribution < 1.29 is 23.9 Å². The molecule has 1 aliphatic rings. The minimum absolute atomic E-state index is 0.221. The van der Waals surface area contributed by atoms with Gasteiger partial charge in [0.25, 0.3) is 11.8 Å². The quantitative estimate of drug-likeness (QED) is 0.253. The van der Waals surface area contributed by atoms with Crippen LogP contribution in [0.5, 0.6) is 5.75 Å². The van der Waals surface area contributed by atoms with Gasteiger partial charge in [0.2, 0.25) is 0 Å². The molecule has 1 N–H and O–H groups in total. The number of esters is 1. The first-order valence-electron chi connectivity index (χ1n) is 10.3. The molecule has 7 nitrogen and oxygen atoms in total. The number of hydrogen-bond acceptors (Lipinski definition) is 5. The van der Waals surface area contributed by atoms with Crippen LogP contribution < -0.4 is 15.0 Å². The van der Waals surface area contributed by atoms with Crippen LogP contribution in [-0.4, -0.2) is 23.8 Å². The van der Waals surface area contributed by atoms with Gasteiger partial charge >= 0.3 is 12.0 Å². The predicted octanol–water partition coefficient (Wildman–Crippen LogP) is 4.84. The lowest BCUT2D eigenvalue weighted by molar-refractivity contribution is -0.122. The number of nitrogens with zero attached hydrogens (tertiary/aromatic N) is 1. The van der Waals surface area contributed by atoms with Crippen LogP contribution in [0.15, 0.2) is 72.3 Å². The van der Waals surface area contributed by atoms with E-state index in [1.165, 1.54) is 12.1 Å². The zero-order valence-corrected chi connectivity index (χ0v) is 19.1. The number of urea groups is 1. The highest BCUT2D eigenvalue weighted by Crippen LogP contribution is 2.27. The van der Waals surface area contributed by atoms with Gasteiger partial charge in [0, 0.05) is 5.02 Å². The van der Waals surface area contributed by atoms with Crippen LogP contribution in [0.4, 0.5) is 10.5 Å². The summed E-state index contributed by atoms with van der Waals surface area (Å²) in [6.07, 6.45) is 1.36. The summed E-state index contributed by atoms with van der Waals surface area (Å²) in [5, 5.41) is 2.55. The van der Waals surface area contributed by atoms with Crippen molar-refractivity contribution >= 4 is 47.2 Å². The number of hydrogen-bond donors (Lipinski definition) is 1. The molecule has 8 heteroatoms. The van der Waals surface area contributed by atoms with Gasteiger partial charge in [-0.1, -0.05) is 47.5 Å². The third-order valence-corrected chi connectivity index (χ3v) is 5.58. The van der Waals surface area contributed by atoms with Crippen LogP contribution in [0.2, 0.25) is 5.02 Å². The van der Waals surface area contributed by atoms with Gasteiger partial charge in [-0.3, -0.25) is 14.9 Å². The van der Waals surface area contributed by atoms with Crippen LogP contribution in [0.1, 0.15) is 27.0 Å². The third kappa shape index (κ3) is 4.74. The molecule has 3 aromatic carbocycles. The Morgan fingerprint density at radius 3 is 2.38 bits per heavy atom. The topological polar surface area (TPSA) is 92.8 Å². The Morgan fingerprint density at radius 1 is 0.971 bits per heavy atom. The van der Waals surface area contributed by atoms with E-state index in [0.717, 1.165) is 16.0 Å². The average Bonchev–Trinajstić information content (AvgIpc) is 2.80. The van der Waals surface area contributed by atoms with Crippen LogP contribution in [-0.2, 0) is 9.59 Å². The van der Waals surface area contributed by atoms with Crippen LogP contribution in [0.3, 0.4) is 0 Å². The molecule has 4 rings (SSSR count). The SMILES string of the molecule is Cc1cccc(C(=O)Oc2ccc(C=C3C(=O)NC(=O)N(c4ccc(C)c(Cl)c4)C3=O)cc2)c1. The summed E-state index contributed by atoms with van der Waals surface area (Å²) in [4.78, 5) is 50.9. The van der Waals surface area contributed by atoms with E-state index in [1.807, 2.05) is 13.0 Å². The highest BCUT2D eigenvalue weighted by molar-refractivity contribution is 6.39. The number of benzene rings is 3. The van der Waals surface area contributed by atoms with E-state index in [9.17, 15) is 19.2 Å². The van der Waals surface area contributed by atoms with Crippen LogP contribution >= 0.6 is 11.6 Å². The number of aryl methyl sites for hydroxylation is 2. The monoisotopic (exact) mass is 474 g/mol. The van der Waals surface area contributed by atoms with Gasteiger partial charge in [0.05, 0.1) is 11.3 Å². The van der Waals surface area contributed by atoms with Crippen LogP contribution in [0, 0.1) is 13.8 Å². The molecule has 0 unspecified atom stereocenters. The molecule has 34 heavy (non-hydrogen) atoms. The number of anilines is 1. The normalized spacial score (nSPS) is 14.9. The molecule has 0 atom stereocenters. The Bertz CT molecular complexity index is 1360. The molecule has 1 aliphatic heterocycles. The first kappa shape index (κ1) is 22.9. The molecule has 1 fully saturated rings. The van der Waals surface area contributed by atoms with Gasteiger partial charge < -0.3 is 4.74 Å². The molecule has 0 aliphatic carbocycles. The summed E-state index contributed by atoms with van der Waals surface area (Å²) < 4.78 is 5.38. The zero-order valence-electron chi connectivity index (χ0n) is 18.3. The molecule has 0 radical (unpaired) electrons. The van der Waals surface area contributed by atoms with E-state index >= 15 is 0 Å². The van der Waals surface area contributed by atoms with E-state index in [4.69, 9.17) is 16.3 Å². The molecule has 0 bridgehead atoms. The fraction of sp³-hybridized carbons (Fsp3) is 0.0769. The second-order valence-electron chi connectivity index (χ2n) is 7.72. The molecule has 170 valence electrons. The number of barbiturate groups is 1. The van der Waals surface area contributed by atoms with E-state index in [-0.39, 0.29) is 11.3 Å². The maximum Gasteiger partial charge on any atom is 0.343 e. The summed E-state index contributed by atoms with van der Waals surface area (Å²) in [5.74, 6) is -1.77. The minimum Gasteiger partial charge on any atom is -0.423 e. The van der Waals surface area contributed by atoms with Crippen molar-refractivity contribution in [2.45, 2.75) is 13.8 Å². The van der Waals surface area contributed by atoms with Gasteiger partial charge in [0.15, 0.2) is 0 Å². The maximum absolute atomic E-state index is 13.0. The zero-order chi connectivity index (χ0) is 24.4. The van der Waals surface area contributed by atoms with E-state index in [1.54, 1.807) is 61.5 Å². The summed E-state index contributed by atoms with van der Waals surface area (Å²) in [6, 6.07) is 17.2. The molecule has 4 amide bonds. The Kier molecular flexibility index (Phi) is 6.30. The summed E-state index contributed by atoms with van der Waals surface area (Å²) in [6.45, 7) is 3.67. The highest BCUT2D eigenvalue weighted by atomic mass is 35.5. The van der Waals surface area contributed by atoms with Crippen molar-refractivity contribution in [3.63, 3.8) is 0 Å². The maximum atomic E-state index is 13.0. The van der Waals surface area contributed by atoms with Gasteiger partial charge in [0.1, 0.15) is 11.3 Å². The van der Waals surface area contributed by atoms with Gasteiger partial charge in [-0.05, 0) is 67.4 Å². The summed E-state index contributed by atoms with van der Waals surface area (Å²) >= 11 is 6.13. The summed E-state index contributed by atoms with van der Waals surface area (Å²) in [5.41, 5.74) is 2.68. The smallest absolute Gasteiger partial charge is 0.343 e. The van der Waals surface area contributed by atoms with Crippen LogP contribution in [0.25, 0.3) is 6.08 Å². The number of halogens is 1. The number of imide groups is 2. The number of rotatable bonds is 4. The van der Waals surface area contributed by atoms with Gasteiger partial charge in [-0.25, -0.2) is 14.5 Å². The largest absolute Gasteiger partial charge is 0.423 e. The van der Waals surface area contributed by atoms with Crippen molar-refractivity contribution in [2.75, 3.05) is 4.90 Å². The third-order valence-electron chi connectivity index (χ3n) is 5.17. The van der Waals surface area contributed by atoms with Gasteiger partial charge in [-0.15, -0.1) is 0 Å². The lowest BCUT2D eigenvalue weighted by atomic mass is 10.1. The molecular weight excluding hydrogens is 456 g/mol. The van der Waals surface area contributed by atoms with Crippen molar-refractivity contribution in [1.29, 1.82) is 0 Å². The van der Waals surface area contributed by atoms with Crippen molar-refractivity contribution in [1.82, 2.24) is 5.32 Å². The van der Waals surface area contributed by atoms with Crippen molar-refractivity contribution in [3.05, 3.63) is 99.6 Å². The average molecular weight is 475 g/mol. The van der Waals surface area contributed by atoms with Crippen molar-refractivity contribution in [3.8, 4) is 5.75 Å². The Morgan fingerprint density at radius 2 is 1.71 bits per heavy atom. The number of carbonyl (C=O) groups excluding carboxylic acids is 4. The Balaban J connectivity index is 1.55. The van der Waals surface area contributed by atoms with Crippen molar-refractivity contribution in [2.24, 2.45) is 0 Å². The number of nitrogens with one attached hydrogen (secondary N) is 1. The molecule has 3 aromatic rings. The Labute approximate surface area is 200 Å². The second-order valence-corrected chi connectivity index (χ2v) is 8.13. The number of amides is 4. The highest BCUT2D eigenvalue weighted by Gasteiger charge is 2.36. The molecule has 0 saturated carbocycles. The second kappa shape index (κ2) is 9.33.